The van der Waals surface area contributed by atoms with Crippen molar-refractivity contribution in [1.82, 2.24) is 4.90 Å². The summed E-state index contributed by atoms with van der Waals surface area (Å²) < 4.78 is 0. The second-order valence-electron chi connectivity index (χ2n) is 4.40. The Kier molecular flexibility index (Phi) is 4.00. The molecule has 1 amide bonds. The Hall–Kier alpha value is -2.10. The van der Waals surface area contributed by atoms with Gasteiger partial charge < -0.3 is 4.90 Å². The molecular weight excluding hydrogens is 238 g/mol. The molecule has 2 rings (SSSR count). The normalized spacial score (nSPS) is 17.0. The molecule has 0 saturated carbocycles. The largest absolute Gasteiger partial charge is 0.377 e. The average molecular weight is 257 g/mol. The lowest BCUT2D eigenvalue weighted by molar-refractivity contribution is -0.114. The minimum absolute atomic E-state index is 0.0596. The van der Waals surface area contributed by atoms with E-state index in [0.29, 0.717) is 5.57 Å². The summed E-state index contributed by atoms with van der Waals surface area (Å²) in [6, 6.07) is 9.50. The zero-order valence-corrected chi connectivity index (χ0v) is 11.6. The summed E-state index contributed by atoms with van der Waals surface area (Å²) in [4.78, 5) is 14.5. The summed E-state index contributed by atoms with van der Waals surface area (Å²) in [5, 5.41) is 5.81. The molecule has 0 N–H and O–H groups in total. The van der Waals surface area contributed by atoms with E-state index in [2.05, 4.69) is 23.8 Å². The number of amides is 1. The summed E-state index contributed by atoms with van der Waals surface area (Å²) in [7, 11) is 0. The van der Waals surface area contributed by atoms with Crippen molar-refractivity contribution < 1.29 is 4.79 Å². The van der Waals surface area contributed by atoms with E-state index in [1.54, 1.807) is 0 Å². The summed E-state index contributed by atoms with van der Waals surface area (Å²) in [6.07, 6.45) is 1.91. The van der Waals surface area contributed by atoms with Gasteiger partial charge in [-0.1, -0.05) is 18.2 Å². The smallest absolute Gasteiger partial charge is 0.282 e. The number of carbonyl (C=O) groups is 1. The lowest BCUT2D eigenvalue weighted by Gasteiger charge is -2.16. The summed E-state index contributed by atoms with van der Waals surface area (Å²) in [6.45, 7) is 7.77. The fourth-order valence-electron chi connectivity index (χ4n) is 2.00. The minimum atomic E-state index is -0.0596. The highest BCUT2D eigenvalue weighted by Gasteiger charge is 2.28. The molecule has 0 radical (unpaired) electrons. The SMILES string of the molecule is CCN(/C=C1\C(=O)N(c2ccccc2)N=C1C)CC. The maximum atomic E-state index is 12.4. The van der Waals surface area contributed by atoms with Crippen LogP contribution < -0.4 is 5.01 Å². The van der Waals surface area contributed by atoms with E-state index < -0.39 is 0 Å². The molecule has 1 aromatic carbocycles. The van der Waals surface area contributed by atoms with Gasteiger partial charge in [0.05, 0.1) is 17.0 Å². The number of hydrazone groups is 1. The van der Waals surface area contributed by atoms with Gasteiger partial charge in [-0.3, -0.25) is 4.79 Å². The summed E-state index contributed by atoms with van der Waals surface area (Å²) in [5.41, 5.74) is 2.24. The molecule has 1 heterocycles. The fourth-order valence-corrected chi connectivity index (χ4v) is 2.00. The van der Waals surface area contributed by atoms with E-state index in [1.807, 2.05) is 43.5 Å². The highest BCUT2D eigenvalue weighted by atomic mass is 16.2. The van der Waals surface area contributed by atoms with Gasteiger partial charge in [0.15, 0.2) is 0 Å². The van der Waals surface area contributed by atoms with Gasteiger partial charge in [0.2, 0.25) is 0 Å². The van der Waals surface area contributed by atoms with Crippen LogP contribution in [0.4, 0.5) is 5.69 Å². The molecule has 0 unspecified atom stereocenters. The van der Waals surface area contributed by atoms with Crippen LogP contribution in [-0.2, 0) is 4.79 Å². The third-order valence-electron chi connectivity index (χ3n) is 3.19. The molecule has 19 heavy (non-hydrogen) atoms. The number of hydrogen-bond donors (Lipinski definition) is 0. The van der Waals surface area contributed by atoms with Crippen LogP contribution in [0.5, 0.6) is 0 Å². The maximum absolute atomic E-state index is 12.4. The maximum Gasteiger partial charge on any atom is 0.282 e. The first-order valence-electron chi connectivity index (χ1n) is 6.58. The fraction of sp³-hybridized carbons (Fsp3) is 0.333. The van der Waals surface area contributed by atoms with Crippen LogP contribution in [0.3, 0.4) is 0 Å². The van der Waals surface area contributed by atoms with E-state index >= 15 is 0 Å². The van der Waals surface area contributed by atoms with E-state index in [1.165, 1.54) is 5.01 Å². The number of benzene rings is 1. The third kappa shape index (κ3) is 2.67. The van der Waals surface area contributed by atoms with E-state index in [0.717, 1.165) is 24.5 Å². The molecular formula is C15H19N3O. The molecule has 4 heteroatoms. The molecule has 0 spiro atoms. The molecule has 100 valence electrons. The molecule has 0 atom stereocenters. The second-order valence-corrected chi connectivity index (χ2v) is 4.40. The van der Waals surface area contributed by atoms with Crippen molar-refractivity contribution in [3.05, 3.63) is 42.1 Å². The van der Waals surface area contributed by atoms with Gasteiger partial charge in [-0.05, 0) is 32.9 Å². The number of carbonyl (C=O) groups excluding carboxylic acids is 1. The predicted octanol–water partition coefficient (Wildman–Crippen LogP) is 2.63. The monoisotopic (exact) mass is 257 g/mol. The van der Waals surface area contributed by atoms with Crippen LogP contribution in [0.2, 0.25) is 0 Å². The van der Waals surface area contributed by atoms with Gasteiger partial charge in [0, 0.05) is 19.3 Å². The van der Waals surface area contributed by atoms with E-state index in [4.69, 9.17) is 0 Å². The molecule has 0 aliphatic carbocycles. The predicted molar refractivity (Wildman–Crippen MR) is 78.0 cm³/mol. The summed E-state index contributed by atoms with van der Waals surface area (Å²) in [5.74, 6) is -0.0596. The summed E-state index contributed by atoms with van der Waals surface area (Å²) >= 11 is 0. The highest BCUT2D eigenvalue weighted by Crippen LogP contribution is 2.23. The number of nitrogens with zero attached hydrogens (tertiary/aromatic N) is 3. The van der Waals surface area contributed by atoms with Gasteiger partial charge in [-0.25, -0.2) is 0 Å². The van der Waals surface area contributed by atoms with Crippen molar-refractivity contribution in [3.63, 3.8) is 0 Å². The highest BCUT2D eigenvalue weighted by molar-refractivity contribution is 6.29. The second kappa shape index (κ2) is 5.69. The van der Waals surface area contributed by atoms with Crippen molar-refractivity contribution in [3.8, 4) is 0 Å². The topological polar surface area (TPSA) is 35.9 Å². The van der Waals surface area contributed by atoms with Crippen molar-refractivity contribution in [1.29, 1.82) is 0 Å². The Balaban J connectivity index is 2.29. The standard InChI is InChI=1S/C15H19N3O/c1-4-17(5-2)11-14-12(3)16-18(15(14)19)13-9-7-6-8-10-13/h6-11H,4-5H2,1-3H3/b14-11-. The van der Waals surface area contributed by atoms with Crippen molar-refractivity contribution in [2.45, 2.75) is 20.8 Å². The van der Waals surface area contributed by atoms with Crippen LogP contribution in [0.15, 0.2) is 47.2 Å². The first-order valence-corrected chi connectivity index (χ1v) is 6.58. The average Bonchev–Trinajstić information content (AvgIpc) is 2.73. The van der Waals surface area contributed by atoms with Crippen LogP contribution >= 0.6 is 0 Å². The Morgan fingerprint density at radius 3 is 2.42 bits per heavy atom. The molecule has 1 aliphatic heterocycles. The van der Waals surface area contributed by atoms with Gasteiger partial charge in [-0.2, -0.15) is 10.1 Å². The Morgan fingerprint density at radius 1 is 1.21 bits per heavy atom. The van der Waals surface area contributed by atoms with Gasteiger partial charge in [0.1, 0.15) is 0 Å². The first-order chi connectivity index (χ1) is 9.17. The number of anilines is 1. The molecule has 0 fully saturated rings. The Morgan fingerprint density at radius 2 is 1.84 bits per heavy atom. The van der Waals surface area contributed by atoms with Gasteiger partial charge in [-0.15, -0.1) is 0 Å². The van der Waals surface area contributed by atoms with Crippen LogP contribution in [0, 0.1) is 0 Å². The van der Waals surface area contributed by atoms with E-state index in [-0.39, 0.29) is 5.91 Å². The van der Waals surface area contributed by atoms with Gasteiger partial charge in [0.25, 0.3) is 5.91 Å². The Bertz CT molecular complexity index is 515. The van der Waals surface area contributed by atoms with Crippen molar-refractivity contribution >= 4 is 17.3 Å². The molecule has 1 aromatic rings. The Labute approximate surface area is 114 Å². The van der Waals surface area contributed by atoms with Crippen LogP contribution in [-0.4, -0.2) is 29.6 Å². The number of hydrogen-bond acceptors (Lipinski definition) is 3. The molecule has 0 aromatic heterocycles. The molecule has 0 bridgehead atoms. The third-order valence-corrected chi connectivity index (χ3v) is 3.19. The minimum Gasteiger partial charge on any atom is -0.377 e. The lowest BCUT2D eigenvalue weighted by Crippen LogP contribution is -2.24. The number of rotatable bonds is 4. The van der Waals surface area contributed by atoms with Crippen LogP contribution in [0.25, 0.3) is 0 Å². The quantitative estimate of drug-likeness (QED) is 0.777. The van der Waals surface area contributed by atoms with Crippen molar-refractivity contribution in [2.24, 2.45) is 5.10 Å². The zero-order chi connectivity index (χ0) is 13.8. The first kappa shape index (κ1) is 13.3. The van der Waals surface area contributed by atoms with Crippen molar-refractivity contribution in [2.75, 3.05) is 18.1 Å². The number of para-hydroxylation sites is 1. The molecule has 1 aliphatic rings. The zero-order valence-electron chi connectivity index (χ0n) is 11.6. The van der Waals surface area contributed by atoms with Crippen LogP contribution in [0.1, 0.15) is 20.8 Å². The van der Waals surface area contributed by atoms with Gasteiger partial charge >= 0.3 is 0 Å². The van der Waals surface area contributed by atoms with E-state index in [9.17, 15) is 4.79 Å². The lowest BCUT2D eigenvalue weighted by atomic mass is 10.2. The molecule has 0 saturated heterocycles. The molecule has 4 nitrogen and oxygen atoms in total.